The highest BCUT2D eigenvalue weighted by molar-refractivity contribution is 6.29. The van der Waals surface area contributed by atoms with E-state index < -0.39 is 0 Å². The normalized spacial score (nSPS) is 24.2. The lowest BCUT2D eigenvalue weighted by molar-refractivity contribution is -0.129. The SMILES string of the molecule is CNC(=O)C1(C)CCN(Cc2ccc(Cl)nn2)C1. The fourth-order valence-electron chi connectivity index (χ4n) is 2.34. The first-order valence-corrected chi connectivity index (χ1v) is 6.34. The summed E-state index contributed by atoms with van der Waals surface area (Å²) >= 11 is 5.69. The average Bonchev–Trinajstić information content (AvgIpc) is 2.74. The van der Waals surface area contributed by atoms with Crippen LogP contribution in [0.1, 0.15) is 19.0 Å². The Bertz CT molecular complexity index is 436. The number of carbonyl (C=O) groups is 1. The molecule has 0 aliphatic carbocycles. The lowest BCUT2D eigenvalue weighted by Gasteiger charge is -2.22. The van der Waals surface area contributed by atoms with Crippen molar-refractivity contribution in [3.63, 3.8) is 0 Å². The number of hydrogen-bond acceptors (Lipinski definition) is 4. The number of likely N-dealkylation sites (tertiary alicyclic amines) is 1. The van der Waals surface area contributed by atoms with Crippen LogP contribution in [-0.4, -0.2) is 41.1 Å². The maximum atomic E-state index is 11.8. The number of hydrogen-bond donors (Lipinski definition) is 1. The molecule has 1 saturated heterocycles. The zero-order valence-electron chi connectivity index (χ0n) is 10.6. The first-order valence-electron chi connectivity index (χ1n) is 5.96. The predicted molar refractivity (Wildman–Crippen MR) is 69.1 cm³/mol. The molecule has 0 spiro atoms. The van der Waals surface area contributed by atoms with Gasteiger partial charge in [0, 0.05) is 20.1 Å². The van der Waals surface area contributed by atoms with Crippen molar-refractivity contribution >= 4 is 17.5 Å². The van der Waals surface area contributed by atoms with Gasteiger partial charge in [0.1, 0.15) is 0 Å². The van der Waals surface area contributed by atoms with Gasteiger partial charge in [-0.1, -0.05) is 11.6 Å². The molecule has 1 fully saturated rings. The van der Waals surface area contributed by atoms with E-state index in [1.54, 1.807) is 13.1 Å². The van der Waals surface area contributed by atoms with Gasteiger partial charge in [0.25, 0.3) is 0 Å². The Labute approximate surface area is 112 Å². The largest absolute Gasteiger partial charge is 0.359 e. The Balaban J connectivity index is 1.97. The minimum absolute atomic E-state index is 0.104. The molecule has 18 heavy (non-hydrogen) atoms. The molecule has 0 aromatic carbocycles. The number of aromatic nitrogens is 2. The van der Waals surface area contributed by atoms with Crippen molar-refractivity contribution in [2.75, 3.05) is 20.1 Å². The molecule has 5 nitrogen and oxygen atoms in total. The van der Waals surface area contributed by atoms with Gasteiger partial charge in [-0.3, -0.25) is 9.69 Å². The number of nitrogens with zero attached hydrogens (tertiary/aromatic N) is 3. The monoisotopic (exact) mass is 268 g/mol. The highest BCUT2D eigenvalue weighted by Crippen LogP contribution is 2.30. The van der Waals surface area contributed by atoms with Crippen LogP contribution in [0.3, 0.4) is 0 Å². The van der Waals surface area contributed by atoms with Crippen molar-refractivity contribution < 1.29 is 4.79 Å². The molecule has 2 heterocycles. The minimum atomic E-state index is -0.297. The summed E-state index contributed by atoms with van der Waals surface area (Å²) in [5.41, 5.74) is 0.578. The lowest BCUT2D eigenvalue weighted by atomic mass is 9.89. The summed E-state index contributed by atoms with van der Waals surface area (Å²) < 4.78 is 0. The van der Waals surface area contributed by atoms with Gasteiger partial charge >= 0.3 is 0 Å². The first kappa shape index (κ1) is 13.2. The third-order valence-corrected chi connectivity index (χ3v) is 3.60. The second-order valence-corrected chi connectivity index (χ2v) is 5.34. The van der Waals surface area contributed by atoms with E-state index in [4.69, 9.17) is 11.6 Å². The molecule has 1 aliphatic heterocycles. The molecular formula is C12H17ClN4O. The van der Waals surface area contributed by atoms with Gasteiger partial charge < -0.3 is 5.32 Å². The fraction of sp³-hybridized carbons (Fsp3) is 0.583. The van der Waals surface area contributed by atoms with Crippen LogP contribution < -0.4 is 5.32 Å². The Kier molecular flexibility index (Phi) is 3.82. The third-order valence-electron chi connectivity index (χ3n) is 3.40. The van der Waals surface area contributed by atoms with Crippen molar-refractivity contribution in [1.29, 1.82) is 0 Å². The first-order chi connectivity index (χ1) is 8.53. The number of amides is 1. The lowest BCUT2D eigenvalue weighted by Crippen LogP contribution is -2.39. The van der Waals surface area contributed by atoms with Crippen molar-refractivity contribution in [2.24, 2.45) is 5.41 Å². The van der Waals surface area contributed by atoms with Crippen LogP contribution in [0.4, 0.5) is 0 Å². The summed E-state index contributed by atoms with van der Waals surface area (Å²) in [6, 6.07) is 3.60. The molecular weight excluding hydrogens is 252 g/mol. The summed E-state index contributed by atoms with van der Waals surface area (Å²) in [7, 11) is 1.68. The highest BCUT2D eigenvalue weighted by Gasteiger charge is 2.39. The van der Waals surface area contributed by atoms with Crippen LogP contribution in [0, 0.1) is 5.41 Å². The number of carbonyl (C=O) groups excluding carboxylic acids is 1. The molecule has 1 aliphatic rings. The van der Waals surface area contributed by atoms with E-state index >= 15 is 0 Å². The molecule has 98 valence electrons. The second kappa shape index (κ2) is 5.20. The number of rotatable bonds is 3. The summed E-state index contributed by atoms with van der Waals surface area (Å²) in [6.45, 7) is 4.35. The molecule has 0 radical (unpaired) electrons. The summed E-state index contributed by atoms with van der Waals surface area (Å²) in [6.07, 6.45) is 0.869. The standard InChI is InChI=1S/C12H17ClN4O/c1-12(11(18)14-2)5-6-17(8-12)7-9-3-4-10(13)16-15-9/h3-4H,5-8H2,1-2H3,(H,14,18). The maximum absolute atomic E-state index is 11.8. The third kappa shape index (κ3) is 2.79. The van der Waals surface area contributed by atoms with Gasteiger partial charge in [0.2, 0.25) is 5.91 Å². The summed E-state index contributed by atoms with van der Waals surface area (Å²) in [5.74, 6) is 0.104. The van der Waals surface area contributed by atoms with E-state index in [2.05, 4.69) is 20.4 Å². The molecule has 0 saturated carbocycles. The second-order valence-electron chi connectivity index (χ2n) is 4.95. The highest BCUT2D eigenvalue weighted by atomic mass is 35.5. The van der Waals surface area contributed by atoms with Gasteiger partial charge in [0.15, 0.2) is 5.15 Å². The van der Waals surface area contributed by atoms with Gasteiger partial charge in [-0.05, 0) is 32.0 Å². The predicted octanol–water partition coefficient (Wildman–Crippen LogP) is 1.09. The Morgan fingerprint density at radius 1 is 1.56 bits per heavy atom. The van der Waals surface area contributed by atoms with Gasteiger partial charge in [-0.2, -0.15) is 5.10 Å². The molecule has 1 unspecified atom stereocenters. The molecule has 2 rings (SSSR count). The minimum Gasteiger partial charge on any atom is -0.359 e. The summed E-state index contributed by atoms with van der Waals surface area (Å²) in [5, 5.41) is 11.0. The van der Waals surface area contributed by atoms with Crippen molar-refractivity contribution in [3.8, 4) is 0 Å². The van der Waals surface area contributed by atoms with Crippen LogP contribution in [0.5, 0.6) is 0 Å². The number of nitrogens with one attached hydrogen (secondary N) is 1. The molecule has 1 aromatic heterocycles. The Hall–Kier alpha value is -1.20. The molecule has 6 heteroatoms. The van der Waals surface area contributed by atoms with Gasteiger partial charge in [-0.15, -0.1) is 5.10 Å². The van der Waals surface area contributed by atoms with E-state index in [0.717, 1.165) is 25.2 Å². The van der Waals surface area contributed by atoms with Crippen LogP contribution in [0.2, 0.25) is 5.15 Å². The van der Waals surface area contributed by atoms with Crippen LogP contribution in [-0.2, 0) is 11.3 Å². The zero-order valence-corrected chi connectivity index (χ0v) is 11.4. The van der Waals surface area contributed by atoms with Crippen molar-refractivity contribution in [3.05, 3.63) is 23.0 Å². The van der Waals surface area contributed by atoms with E-state index in [9.17, 15) is 4.79 Å². The quantitative estimate of drug-likeness (QED) is 0.892. The van der Waals surface area contributed by atoms with Gasteiger partial charge in [-0.25, -0.2) is 0 Å². The summed E-state index contributed by atoms with van der Waals surface area (Å²) in [4.78, 5) is 14.0. The molecule has 0 bridgehead atoms. The van der Waals surface area contributed by atoms with E-state index in [-0.39, 0.29) is 11.3 Å². The molecule has 1 N–H and O–H groups in total. The smallest absolute Gasteiger partial charge is 0.227 e. The molecule has 1 amide bonds. The zero-order chi connectivity index (χ0) is 13.2. The Morgan fingerprint density at radius 2 is 2.33 bits per heavy atom. The molecule has 1 atom stereocenters. The van der Waals surface area contributed by atoms with Crippen molar-refractivity contribution in [1.82, 2.24) is 20.4 Å². The topological polar surface area (TPSA) is 58.1 Å². The van der Waals surface area contributed by atoms with Crippen molar-refractivity contribution in [2.45, 2.75) is 19.9 Å². The Morgan fingerprint density at radius 3 is 2.94 bits per heavy atom. The van der Waals surface area contributed by atoms with Gasteiger partial charge in [0.05, 0.1) is 11.1 Å². The van der Waals surface area contributed by atoms with Crippen LogP contribution >= 0.6 is 11.6 Å². The van der Waals surface area contributed by atoms with E-state index in [1.807, 2.05) is 13.0 Å². The van der Waals surface area contributed by atoms with Crippen LogP contribution in [0.25, 0.3) is 0 Å². The fourth-order valence-corrected chi connectivity index (χ4v) is 2.44. The van der Waals surface area contributed by atoms with E-state index in [1.165, 1.54) is 0 Å². The van der Waals surface area contributed by atoms with E-state index in [0.29, 0.717) is 11.7 Å². The number of halogens is 1. The van der Waals surface area contributed by atoms with Crippen LogP contribution in [0.15, 0.2) is 12.1 Å². The average molecular weight is 269 g/mol. The maximum Gasteiger partial charge on any atom is 0.227 e. The molecule has 1 aromatic rings.